The molecule has 0 aliphatic heterocycles. The van der Waals surface area contributed by atoms with Crippen molar-refractivity contribution in [1.29, 1.82) is 0 Å². The minimum absolute atomic E-state index is 0.897. The zero-order chi connectivity index (χ0) is 7.40. The van der Waals surface area contributed by atoms with E-state index in [1.807, 2.05) is 18.2 Å². The molecule has 10 heavy (non-hydrogen) atoms. The Morgan fingerprint density at radius 3 is 2.90 bits per heavy atom. The molecule has 1 rings (SSSR count). The first-order chi connectivity index (χ1) is 4.86. The SMILES string of the molecule is CCc1ccc(/C=C/Br)o1. The van der Waals surface area contributed by atoms with Crippen LogP contribution in [0.4, 0.5) is 0 Å². The maximum atomic E-state index is 5.36. The molecule has 0 fully saturated rings. The van der Waals surface area contributed by atoms with Gasteiger partial charge in [-0.25, -0.2) is 0 Å². The zero-order valence-electron chi connectivity index (χ0n) is 5.80. The monoisotopic (exact) mass is 200 g/mol. The fourth-order valence-corrected chi connectivity index (χ4v) is 0.997. The van der Waals surface area contributed by atoms with Gasteiger partial charge in [0, 0.05) is 6.42 Å². The van der Waals surface area contributed by atoms with E-state index >= 15 is 0 Å². The summed E-state index contributed by atoms with van der Waals surface area (Å²) in [6, 6.07) is 3.94. The van der Waals surface area contributed by atoms with Gasteiger partial charge in [0.15, 0.2) is 0 Å². The summed E-state index contributed by atoms with van der Waals surface area (Å²) in [5.41, 5.74) is 0. The van der Waals surface area contributed by atoms with Crippen LogP contribution in [0.5, 0.6) is 0 Å². The Labute approximate surface area is 68.9 Å². The van der Waals surface area contributed by atoms with Crippen molar-refractivity contribution in [2.45, 2.75) is 13.3 Å². The van der Waals surface area contributed by atoms with E-state index in [0.29, 0.717) is 0 Å². The molecule has 0 bridgehead atoms. The van der Waals surface area contributed by atoms with E-state index in [1.54, 1.807) is 4.99 Å². The first-order valence-corrected chi connectivity index (χ1v) is 4.14. The van der Waals surface area contributed by atoms with Crippen LogP contribution in [0, 0.1) is 0 Å². The van der Waals surface area contributed by atoms with Crippen LogP contribution >= 0.6 is 15.9 Å². The summed E-state index contributed by atoms with van der Waals surface area (Å²) in [5.74, 6) is 1.93. The van der Waals surface area contributed by atoms with Gasteiger partial charge in [-0.05, 0) is 23.2 Å². The lowest BCUT2D eigenvalue weighted by Crippen LogP contribution is -1.68. The molecule has 0 atom stereocenters. The van der Waals surface area contributed by atoms with Crippen LogP contribution in [0.15, 0.2) is 21.5 Å². The zero-order valence-corrected chi connectivity index (χ0v) is 7.39. The Balaban J connectivity index is 2.78. The third-order valence-corrected chi connectivity index (χ3v) is 1.52. The first kappa shape index (κ1) is 7.61. The quantitative estimate of drug-likeness (QED) is 0.715. The first-order valence-electron chi connectivity index (χ1n) is 3.22. The van der Waals surface area contributed by atoms with Gasteiger partial charge in [-0.15, -0.1) is 0 Å². The molecule has 0 saturated carbocycles. The lowest BCUT2D eigenvalue weighted by Gasteiger charge is -1.84. The summed E-state index contributed by atoms with van der Waals surface area (Å²) in [6.45, 7) is 2.07. The summed E-state index contributed by atoms with van der Waals surface area (Å²) in [4.78, 5) is 1.78. The highest BCUT2D eigenvalue weighted by molar-refractivity contribution is 9.11. The number of hydrogen-bond acceptors (Lipinski definition) is 1. The summed E-state index contributed by atoms with van der Waals surface area (Å²) in [6.07, 6.45) is 2.83. The average Bonchev–Trinajstić information content (AvgIpc) is 2.37. The predicted octanol–water partition coefficient (Wildman–Crippen LogP) is 3.21. The smallest absolute Gasteiger partial charge is 0.127 e. The number of aryl methyl sites for hydroxylation is 1. The van der Waals surface area contributed by atoms with Gasteiger partial charge in [-0.1, -0.05) is 22.9 Å². The molecule has 0 unspecified atom stereocenters. The van der Waals surface area contributed by atoms with Gasteiger partial charge in [0.25, 0.3) is 0 Å². The van der Waals surface area contributed by atoms with Gasteiger partial charge in [0.2, 0.25) is 0 Å². The summed E-state index contributed by atoms with van der Waals surface area (Å²) in [5, 5.41) is 0. The molecule has 0 aliphatic rings. The van der Waals surface area contributed by atoms with E-state index in [2.05, 4.69) is 22.9 Å². The summed E-state index contributed by atoms with van der Waals surface area (Å²) in [7, 11) is 0. The Bertz CT molecular complexity index is 225. The molecule has 0 spiro atoms. The van der Waals surface area contributed by atoms with E-state index in [0.717, 1.165) is 17.9 Å². The topological polar surface area (TPSA) is 13.1 Å². The van der Waals surface area contributed by atoms with Gasteiger partial charge in [-0.3, -0.25) is 0 Å². The van der Waals surface area contributed by atoms with Crippen molar-refractivity contribution < 1.29 is 4.42 Å². The second kappa shape index (κ2) is 3.62. The number of furan rings is 1. The van der Waals surface area contributed by atoms with E-state index in [-0.39, 0.29) is 0 Å². The van der Waals surface area contributed by atoms with E-state index in [4.69, 9.17) is 4.42 Å². The molecule has 1 heterocycles. The second-order valence-electron chi connectivity index (χ2n) is 1.95. The van der Waals surface area contributed by atoms with E-state index < -0.39 is 0 Å². The largest absolute Gasteiger partial charge is 0.462 e. The average molecular weight is 201 g/mol. The van der Waals surface area contributed by atoms with Crippen molar-refractivity contribution in [2.75, 3.05) is 0 Å². The molecule has 0 radical (unpaired) electrons. The van der Waals surface area contributed by atoms with Gasteiger partial charge < -0.3 is 4.42 Å². The van der Waals surface area contributed by atoms with Crippen LogP contribution in [-0.4, -0.2) is 0 Å². The number of hydrogen-bond donors (Lipinski definition) is 0. The van der Waals surface area contributed by atoms with Crippen LogP contribution in [-0.2, 0) is 6.42 Å². The molecule has 0 aromatic carbocycles. The standard InChI is InChI=1S/C8H9BrO/c1-2-7-3-4-8(10-7)5-6-9/h3-6H,2H2,1H3/b6-5+. The highest BCUT2D eigenvalue weighted by Crippen LogP contribution is 2.10. The second-order valence-corrected chi connectivity index (χ2v) is 2.48. The Morgan fingerprint density at radius 1 is 1.60 bits per heavy atom. The molecule has 0 aliphatic carbocycles. The molecule has 2 heteroatoms. The summed E-state index contributed by atoms with van der Waals surface area (Å²) < 4.78 is 5.36. The Hall–Kier alpha value is -0.500. The van der Waals surface area contributed by atoms with Gasteiger partial charge >= 0.3 is 0 Å². The molecular weight excluding hydrogens is 192 g/mol. The van der Waals surface area contributed by atoms with Gasteiger partial charge in [0.1, 0.15) is 11.5 Å². The molecule has 0 N–H and O–H groups in total. The van der Waals surface area contributed by atoms with Crippen molar-refractivity contribution >= 4 is 22.0 Å². The van der Waals surface area contributed by atoms with Gasteiger partial charge in [0.05, 0.1) is 0 Å². The third kappa shape index (κ3) is 1.74. The Kier molecular flexibility index (Phi) is 2.75. The molecule has 0 saturated heterocycles. The van der Waals surface area contributed by atoms with Crippen LogP contribution in [0.1, 0.15) is 18.4 Å². The van der Waals surface area contributed by atoms with Crippen molar-refractivity contribution in [1.82, 2.24) is 0 Å². The van der Waals surface area contributed by atoms with E-state index in [1.165, 1.54) is 0 Å². The number of halogens is 1. The maximum absolute atomic E-state index is 5.36. The van der Waals surface area contributed by atoms with Crippen LogP contribution < -0.4 is 0 Å². The molecular formula is C8H9BrO. The van der Waals surface area contributed by atoms with Crippen molar-refractivity contribution in [3.8, 4) is 0 Å². The summed E-state index contributed by atoms with van der Waals surface area (Å²) >= 11 is 3.18. The van der Waals surface area contributed by atoms with Crippen molar-refractivity contribution in [3.63, 3.8) is 0 Å². The minimum Gasteiger partial charge on any atom is -0.462 e. The number of rotatable bonds is 2. The lowest BCUT2D eigenvalue weighted by atomic mass is 10.3. The van der Waals surface area contributed by atoms with E-state index in [9.17, 15) is 0 Å². The highest BCUT2D eigenvalue weighted by Gasteiger charge is 1.93. The fourth-order valence-electron chi connectivity index (χ4n) is 0.736. The minimum atomic E-state index is 0.897. The molecule has 1 nitrogen and oxygen atoms in total. The maximum Gasteiger partial charge on any atom is 0.127 e. The van der Waals surface area contributed by atoms with Crippen LogP contribution in [0.25, 0.3) is 6.08 Å². The fraction of sp³-hybridized carbons (Fsp3) is 0.250. The lowest BCUT2D eigenvalue weighted by molar-refractivity contribution is 0.507. The van der Waals surface area contributed by atoms with Gasteiger partial charge in [-0.2, -0.15) is 0 Å². The molecule has 1 aromatic heterocycles. The van der Waals surface area contributed by atoms with Crippen molar-refractivity contribution in [3.05, 3.63) is 28.6 Å². The van der Waals surface area contributed by atoms with Crippen LogP contribution in [0.2, 0.25) is 0 Å². The molecule has 0 amide bonds. The Morgan fingerprint density at radius 2 is 2.40 bits per heavy atom. The molecule has 1 aromatic rings. The third-order valence-electron chi connectivity index (χ3n) is 1.26. The van der Waals surface area contributed by atoms with Crippen LogP contribution in [0.3, 0.4) is 0 Å². The normalized spacial score (nSPS) is 11.0. The van der Waals surface area contributed by atoms with Crippen molar-refractivity contribution in [2.24, 2.45) is 0 Å². The highest BCUT2D eigenvalue weighted by atomic mass is 79.9. The molecule has 54 valence electrons. The predicted molar refractivity (Wildman–Crippen MR) is 46.0 cm³/mol.